The van der Waals surface area contributed by atoms with Crippen molar-refractivity contribution in [3.05, 3.63) is 41.0 Å². The maximum absolute atomic E-state index is 11.7. The molecule has 0 fully saturated rings. The summed E-state index contributed by atoms with van der Waals surface area (Å²) in [5.74, 6) is -0.122. The fraction of sp³-hybridized carbons (Fsp3) is 0.375. The normalized spacial score (nSPS) is 9.58. The largest absolute Gasteiger partial charge is 0.422 e. The summed E-state index contributed by atoms with van der Waals surface area (Å²) in [6, 6.07) is 9.30. The first kappa shape index (κ1) is 15.0. The molecule has 0 aliphatic rings. The van der Waals surface area contributed by atoms with Gasteiger partial charge in [-0.05, 0) is 44.4 Å². The molecule has 0 aromatic heterocycles. The number of nitrogens with zero attached hydrogens (tertiary/aromatic N) is 1. The Morgan fingerprint density at radius 2 is 1.89 bits per heavy atom. The van der Waals surface area contributed by atoms with E-state index >= 15 is 0 Å². The second-order valence-corrected chi connectivity index (χ2v) is 4.62. The third-order valence-electron chi connectivity index (χ3n) is 2.77. The number of hydrogen-bond donors (Lipinski definition) is 0. The molecule has 3 nitrogen and oxygen atoms in total. The highest BCUT2D eigenvalue weighted by Crippen LogP contribution is 2.16. The Morgan fingerprint density at radius 3 is 2.37 bits per heavy atom. The maximum atomic E-state index is 11.7. The Hall–Kier alpha value is -2.08. The molecule has 100 valence electrons. The molecule has 0 radical (unpaired) electrons. The Bertz CT molecular complexity index is 503. The molecule has 3 heteroatoms. The number of ether oxygens (including phenoxy) is 1. The molecule has 0 aliphatic heterocycles. The van der Waals surface area contributed by atoms with Gasteiger partial charge in [0.15, 0.2) is 0 Å². The van der Waals surface area contributed by atoms with Crippen molar-refractivity contribution in [1.82, 2.24) is 0 Å². The van der Waals surface area contributed by atoms with E-state index in [0.29, 0.717) is 11.3 Å². The molecule has 1 aromatic rings. The minimum absolute atomic E-state index is 0.0649. The van der Waals surface area contributed by atoms with Gasteiger partial charge in [0.25, 0.3) is 0 Å². The summed E-state index contributed by atoms with van der Waals surface area (Å²) in [7, 11) is 0. The van der Waals surface area contributed by atoms with Crippen molar-refractivity contribution in [2.45, 2.75) is 40.0 Å². The van der Waals surface area contributed by atoms with Crippen LogP contribution in [-0.4, -0.2) is 5.97 Å². The number of carbonyl (C=O) groups is 1. The van der Waals surface area contributed by atoms with Crippen LogP contribution in [0.1, 0.15) is 39.2 Å². The lowest BCUT2D eigenvalue weighted by Gasteiger charge is -2.05. The average Bonchev–Trinajstić information content (AvgIpc) is 2.38. The molecular weight excluding hydrogens is 238 g/mol. The number of hydrogen-bond acceptors (Lipinski definition) is 3. The molecule has 0 N–H and O–H groups in total. The van der Waals surface area contributed by atoms with E-state index in [9.17, 15) is 4.79 Å². The summed E-state index contributed by atoms with van der Waals surface area (Å²) in [4.78, 5) is 11.7. The van der Waals surface area contributed by atoms with E-state index in [1.165, 1.54) is 5.56 Å². The fourth-order valence-corrected chi connectivity index (χ4v) is 1.62. The van der Waals surface area contributed by atoms with Crippen LogP contribution in [-0.2, 0) is 11.2 Å². The molecular formula is C16H19NO2. The highest BCUT2D eigenvalue weighted by atomic mass is 16.5. The van der Waals surface area contributed by atoms with Gasteiger partial charge in [0, 0.05) is 0 Å². The minimum atomic E-state index is -0.594. The van der Waals surface area contributed by atoms with E-state index < -0.39 is 5.97 Å². The number of rotatable bonds is 5. The van der Waals surface area contributed by atoms with Crippen molar-refractivity contribution < 1.29 is 9.53 Å². The second kappa shape index (κ2) is 7.38. The van der Waals surface area contributed by atoms with Gasteiger partial charge >= 0.3 is 5.97 Å². The molecule has 1 aromatic carbocycles. The van der Waals surface area contributed by atoms with Crippen LogP contribution in [0.25, 0.3) is 0 Å². The number of aryl methyl sites for hydroxylation is 1. The number of allylic oxidation sites excluding steroid dienone is 1. The van der Waals surface area contributed by atoms with Gasteiger partial charge in [-0.25, -0.2) is 4.79 Å². The zero-order valence-corrected chi connectivity index (χ0v) is 11.7. The topological polar surface area (TPSA) is 50.1 Å². The van der Waals surface area contributed by atoms with Crippen LogP contribution in [0.5, 0.6) is 5.75 Å². The Balaban J connectivity index is 2.71. The first-order valence-electron chi connectivity index (χ1n) is 6.47. The van der Waals surface area contributed by atoms with Crippen molar-refractivity contribution in [2.75, 3.05) is 0 Å². The molecule has 0 amide bonds. The lowest BCUT2D eigenvalue weighted by Crippen LogP contribution is -2.11. The third-order valence-corrected chi connectivity index (χ3v) is 2.77. The minimum Gasteiger partial charge on any atom is -0.422 e. The van der Waals surface area contributed by atoms with Crippen LogP contribution in [0.15, 0.2) is 35.4 Å². The standard InChI is InChI=1S/C16H19NO2/c1-4-5-6-13-7-9-14(10-8-13)19-16(18)15(11-17)12(2)3/h7-10H,4-6H2,1-3H3. The number of benzene rings is 1. The number of nitriles is 1. The Kier molecular flexibility index (Phi) is 5.81. The summed E-state index contributed by atoms with van der Waals surface area (Å²) in [5, 5.41) is 8.88. The third kappa shape index (κ3) is 4.59. The van der Waals surface area contributed by atoms with Crippen molar-refractivity contribution in [3.63, 3.8) is 0 Å². The van der Waals surface area contributed by atoms with Crippen LogP contribution in [0, 0.1) is 11.3 Å². The molecule has 0 spiro atoms. The quantitative estimate of drug-likeness (QED) is 0.349. The van der Waals surface area contributed by atoms with Crippen molar-refractivity contribution in [3.8, 4) is 11.8 Å². The van der Waals surface area contributed by atoms with Crippen LogP contribution < -0.4 is 4.74 Å². The monoisotopic (exact) mass is 257 g/mol. The van der Waals surface area contributed by atoms with Gasteiger partial charge in [-0.2, -0.15) is 5.26 Å². The van der Waals surface area contributed by atoms with E-state index in [4.69, 9.17) is 10.00 Å². The molecule has 0 saturated heterocycles. The van der Waals surface area contributed by atoms with E-state index in [1.54, 1.807) is 26.0 Å². The Labute approximate surface area is 114 Å². The van der Waals surface area contributed by atoms with Crippen molar-refractivity contribution >= 4 is 5.97 Å². The molecule has 0 heterocycles. The zero-order chi connectivity index (χ0) is 14.3. The summed E-state index contributed by atoms with van der Waals surface area (Å²) in [5.41, 5.74) is 1.95. The first-order chi connectivity index (χ1) is 9.08. The highest BCUT2D eigenvalue weighted by molar-refractivity contribution is 5.94. The maximum Gasteiger partial charge on any atom is 0.354 e. The number of esters is 1. The first-order valence-corrected chi connectivity index (χ1v) is 6.47. The van der Waals surface area contributed by atoms with Gasteiger partial charge < -0.3 is 4.74 Å². The van der Waals surface area contributed by atoms with Gasteiger partial charge in [-0.3, -0.25) is 0 Å². The average molecular weight is 257 g/mol. The summed E-state index contributed by atoms with van der Waals surface area (Å²) >= 11 is 0. The predicted octanol–water partition coefficient (Wildman–Crippen LogP) is 3.79. The molecule has 0 aliphatic carbocycles. The van der Waals surface area contributed by atoms with Crippen LogP contribution in [0.3, 0.4) is 0 Å². The molecule has 19 heavy (non-hydrogen) atoms. The number of carbonyl (C=O) groups excluding carboxylic acids is 1. The molecule has 0 saturated carbocycles. The predicted molar refractivity (Wildman–Crippen MR) is 74.7 cm³/mol. The second-order valence-electron chi connectivity index (χ2n) is 4.62. The lowest BCUT2D eigenvalue weighted by atomic mass is 10.1. The van der Waals surface area contributed by atoms with E-state index in [1.807, 2.05) is 18.2 Å². The molecule has 1 rings (SSSR count). The van der Waals surface area contributed by atoms with Crippen LogP contribution in [0.4, 0.5) is 0 Å². The van der Waals surface area contributed by atoms with Gasteiger partial charge in [0.1, 0.15) is 17.4 Å². The van der Waals surface area contributed by atoms with Gasteiger partial charge in [0.05, 0.1) is 0 Å². The van der Waals surface area contributed by atoms with Crippen LogP contribution >= 0.6 is 0 Å². The van der Waals surface area contributed by atoms with E-state index in [0.717, 1.165) is 19.3 Å². The Morgan fingerprint density at radius 1 is 1.26 bits per heavy atom. The SMILES string of the molecule is CCCCc1ccc(OC(=O)C(C#N)=C(C)C)cc1. The van der Waals surface area contributed by atoms with Crippen molar-refractivity contribution in [1.29, 1.82) is 5.26 Å². The molecule has 0 bridgehead atoms. The zero-order valence-electron chi connectivity index (χ0n) is 11.7. The van der Waals surface area contributed by atoms with Crippen molar-refractivity contribution in [2.24, 2.45) is 0 Å². The summed E-state index contributed by atoms with van der Waals surface area (Å²) < 4.78 is 5.17. The summed E-state index contributed by atoms with van der Waals surface area (Å²) in [6.45, 7) is 5.58. The summed E-state index contributed by atoms with van der Waals surface area (Å²) in [6.07, 6.45) is 3.33. The highest BCUT2D eigenvalue weighted by Gasteiger charge is 2.13. The number of unbranched alkanes of at least 4 members (excludes halogenated alkanes) is 1. The van der Waals surface area contributed by atoms with Gasteiger partial charge in [0.2, 0.25) is 0 Å². The fourth-order valence-electron chi connectivity index (χ4n) is 1.62. The molecule has 0 unspecified atom stereocenters. The van der Waals surface area contributed by atoms with E-state index in [-0.39, 0.29) is 5.57 Å². The van der Waals surface area contributed by atoms with Gasteiger partial charge in [-0.15, -0.1) is 0 Å². The lowest BCUT2D eigenvalue weighted by molar-refractivity contribution is -0.129. The van der Waals surface area contributed by atoms with E-state index in [2.05, 4.69) is 6.92 Å². The smallest absolute Gasteiger partial charge is 0.354 e. The van der Waals surface area contributed by atoms with Crippen LogP contribution in [0.2, 0.25) is 0 Å². The molecule has 0 atom stereocenters. The van der Waals surface area contributed by atoms with Gasteiger partial charge in [-0.1, -0.05) is 31.1 Å².